The van der Waals surface area contributed by atoms with Gasteiger partial charge in [-0.2, -0.15) is 10.5 Å². The number of nitrogens with one attached hydrogen (secondary N) is 1. The monoisotopic (exact) mass is 551 g/mol. The second kappa shape index (κ2) is 10.9. The molecule has 1 N–H and O–H groups in total. The summed E-state index contributed by atoms with van der Waals surface area (Å²) in [4.78, 5) is 0. The van der Waals surface area contributed by atoms with Gasteiger partial charge in [-0.25, -0.2) is 4.39 Å². The van der Waals surface area contributed by atoms with E-state index in [0.717, 1.165) is 17.5 Å². The van der Waals surface area contributed by atoms with Crippen LogP contribution >= 0.6 is 22.6 Å². The summed E-state index contributed by atoms with van der Waals surface area (Å²) in [5.41, 5.74) is 3.05. The van der Waals surface area contributed by atoms with Gasteiger partial charge in [0.25, 0.3) is 0 Å². The molecule has 0 bridgehead atoms. The minimum Gasteiger partial charge on any atom is -0.305 e. The Bertz CT molecular complexity index is 1160. The van der Waals surface area contributed by atoms with Gasteiger partial charge in [-0.05, 0) is 103 Å². The molecule has 0 aliphatic heterocycles. The van der Waals surface area contributed by atoms with E-state index in [1.165, 1.54) is 21.3 Å². The molecule has 0 aromatic heterocycles. The molecular weight excluding hydrogens is 524 g/mol. The smallest absolute Gasteiger partial charge is 0.123 e. The molecule has 0 heterocycles. The fourth-order valence-corrected chi connectivity index (χ4v) is 4.48. The zero-order valence-corrected chi connectivity index (χ0v) is 21.2. The molecule has 1 unspecified atom stereocenters. The first-order valence-corrected chi connectivity index (χ1v) is 12.0. The van der Waals surface area contributed by atoms with E-state index in [9.17, 15) is 14.9 Å². The standard InChI is InChI=1S/C28H27FIN3/c1-19(33-27(28(2,3)18-32)22-9-11-24(29)12-10-22)26(16-20-7-13-25(30)14-8-20)23-6-4-5-21(15-23)17-31/h4-15,19,26-27,33H,16H2,1-3H3/t19-,26+,27?/m0/s1. The predicted molar refractivity (Wildman–Crippen MR) is 138 cm³/mol. The van der Waals surface area contributed by atoms with Gasteiger partial charge in [0, 0.05) is 15.5 Å². The number of nitrogens with zero attached hydrogens (tertiary/aromatic N) is 2. The van der Waals surface area contributed by atoms with Crippen molar-refractivity contribution in [1.82, 2.24) is 5.32 Å². The van der Waals surface area contributed by atoms with Gasteiger partial charge in [-0.15, -0.1) is 0 Å². The molecule has 168 valence electrons. The lowest BCUT2D eigenvalue weighted by atomic mass is 9.79. The number of nitriles is 2. The Morgan fingerprint density at radius 1 is 0.970 bits per heavy atom. The highest BCUT2D eigenvalue weighted by Gasteiger charge is 2.34. The first-order chi connectivity index (χ1) is 15.7. The maximum atomic E-state index is 13.6. The maximum Gasteiger partial charge on any atom is 0.123 e. The van der Waals surface area contributed by atoms with Gasteiger partial charge in [0.15, 0.2) is 0 Å². The molecule has 0 aliphatic rings. The zero-order chi connectivity index (χ0) is 24.0. The van der Waals surface area contributed by atoms with Crippen molar-refractivity contribution in [3.8, 4) is 12.1 Å². The fourth-order valence-electron chi connectivity index (χ4n) is 4.12. The van der Waals surface area contributed by atoms with Crippen molar-refractivity contribution in [3.63, 3.8) is 0 Å². The third-order valence-corrected chi connectivity index (χ3v) is 6.78. The van der Waals surface area contributed by atoms with E-state index in [-0.39, 0.29) is 23.8 Å². The summed E-state index contributed by atoms with van der Waals surface area (Å²) >= 11 is 2.30. The molecule has 33 heavy (non-hydrogen) atoms. The number of hydrogen-bond donors (Lipinski definition) is 1. The molecule has 0 saturated heterocycles. The Morgan fingerprint density at radius 3 is 2.24 bits per heavy atom. The Morgan fingerprint density at radius 2 is 1.64 bits per heavy atom. The highest BCUT2D eigenvalue weighted by Crippen LogP contribution is 2.35. The second-order valence-electron chi connectivity index (χ2n) is 8.95. The molecule has 5 heteroatoms. The van der Waals surface area contributed by atoms with Crippen LogP contribution in [0.4, 0.5) is 4.39 Å². The van der Waals surface area contributed by atoms with Gasteiger partial charge in [-0.3, -0.25) is 0 Å². The van der Waals surface area contributed by atoms with Crippen LogP contribution in [0.1, 0.15) is 55.0 Å². The minimum atomic E-state index is -0.714. The van der Waals surface area contributed by atoms with Crippen LogP contribution in [0.2, 0.25) is 0 Å². The summed E-state index contributed by atoms with van der Waals surface area (Å²) in [6.07, 6.45) is 0.781. The van der Waals surface area contributed by atoms with Crippen LogP contribution in [0.3, 0.4) is 0 Å². The summed E-state index contributed by atoms with van der Waals surface area (Å²) in [6, 6.07) is 26.8. The van der Waals surface area contributed by atoms with E-state index < -0.39 is 5.41 Å². The van der Waals surface area contributed by atoms with E-state index in [0.29, 0.717) is 5.56 Å². The van der Waals surface area contributed by atoms with Crippen molar-refractivity contribution < 1.29 is 4.39 Å². The molecule has 3 atom stereocenters. The van der Waals surface area contributed by atoms with E-state index in [1.54, 1.807) is 12.1 Å². The van der Waals surface area contributed by atoms with Crippen LogP contribution in [-0.2, 0) is 6.42 Å². The maximum absolute atomic E-state index is 13.6. The number of benzene rings is 3. The largest absolute Gasteiger partial charge is 0.305 e. The third kappa shape index (κ3) is 6.41. The molecule has 0 spiro atoms. The topological polar surface area (TPSA) is 59.6 Å². The Hall–Kier alpha value is -2.74. The van der Waals surface area contributed by atoms with Crippen molar-refractivity contribution in [3.05, 3.63) is 104 Å². The number of hydrogen-bond acceptors (Lipinski definition) is 3. The second-order valence-corrected chi connectivity index (χ2v) is 10.2. The van der Waals surface area contributed by atoms with Crippen LogP contribution < -0.4 is 5.32 Å². The van der Waals surface area contributed by atoms with Crippen LogP contribution in [0.15, 0.2) is 72.8 Å². The summed E-state index contributed by atoms with van der Waals surface area (Å²) < 4.78 is 14.7. The van der Waals surface area contributed by atoms with E-state index in [2.05, 4.69) is 77.3 Å². The first kappa shape index (κ1) is 24.9. The lowest BCUT2D eigenvalue weighted by Crippen LogP contribution is -2.42. The molecule has 3 rings (SSSR count). The molecule has 0 fully saturated rings. The van der Waals surface area contributed by atoms with Crippen molar-refractivity contribution in [2.45, 2.75) is 45.2 Å². The zero-order valence-electron chi connectivity index (χ0n) is 19.0. The summed E-state index contributed by atoms with van der Waals surface area (Å²) in [5, 5.41) is 23.0. The van der Waals surface area contributed by atoms with Crippen LogP contribution in [0.5, 0.6) is 0 Å². The number of halogens is 2. The lowest BCUT2D eigenvalue weighted by Gasteiger charge is -2.35. The SMILES string of the molecule is C[C@H](NC(c1ccc(F)cc1)C(C)(C)C#N)[C@@H](Cc1ccc(I)cc1)c1cccc(C#N)c1. The van der Waals surface area contributed by atoms with Crippen molar-refractivity contribution >= 4 is 22.6 Å². The molecular formula is C28H27FIN3. The normalized spacial score (nSPS) is 14.0. The average Bonchev–Trinajstić information content (AvgIpc) is 2.82. The van der Waals surface area contributed by atoms with Gasteiger partial charge in [0.05, 0.1) is 29.2 Å². The van der Waals surface area contributed by atoms with Crippen LogP contribution in [0, 0.1) is 37.5 Å². The van der Waals surface area contributed by atoms with Gasteiger partial charge in [0.1, 0.15) is 5.82 Å². The minimum absolute atomic E-state index is 0.0269. The van der Waals surface area contributed by atoms with E-state index in [4.69, 9.17) is 0 Å². The third-order valence-electron chi connectivity index (χ3n) is 6.06. The Balaban J connectivity index is 1.98. The van der Waals surface area contributed by atoms with E-state index >= 15 is 0 Å². The first-order valence-electron chi connectivity index (χ1n) is 10.9. The van der Waals surface area contributed by atoms with Gasteiger partial charge in [0.2, 0.25) is 0 Å². The molecule has 0 radical (unpaired) electrons. The molecule has 0 amide bonds. The van der Waals surface area contributed by atoms with Gasteiger partial charge in [-0.1, -0.05) is 36.4 Å². The summed E-state index contributed by atoms with van der Waals surface area (Å²) in [6.45, 7) is 5.90. The van der Waals surface area contributed by atoms with Gasteiger partial charge >= 0.3 is 0 Å². The van der Waals surface area contributed by atoms with Crippen LogP contribution in [-0.4, -0.2) is 6.04 Å². The fraction of sp³-hybridized carbons (Fsp3) is 0.286. The van der Waals surface area contributed by atoms with Gasteiger partial charge < -0.3 is 5.32 Å². The molecule has 0 aliphatic carbocycles. The number of rotatable bonds is 8. The predicted octanol–water partition coefficient (Wildman–Crippen LogP) is 6.90. The quantitative estimate of drug-likeness (QED) is 0.310. The van der Waals surface area contributed by atoms with Crippen molar-refractivity contribution in [2.24, 2.45) is 5.41 Å². The molecule has 3 aromatic carbocycles. The molecule has 3 nitrogen and oxygen atoms in total. The van der Waals surface area contributed by atoms with Crippen molar-refractivity contribution in [1.29, 1.82) is 10.5 Å². The summed E-state index contributed by atoms with van der Waals surface area (Å²) in [5.74, 6) is -0.235. The highest BCUT2D eigenvalue weighted by atomic mass is 127. The molecule has 3 aromatic rings. The summed E-state index contributed by atoms with van der Waals surface area (Å²) in [7, 11) is 0. The Kier molecular flexibility index (Phi) is 8.24. The van der Waals surface area contributed by atoms with E-state index in [1.807, 2.05) is 32.0 Å². The van der Waals surface area contributed by atoms with Crippen LogP contribution in [0.25, 0.3) is 0 Å². The highest BCUT2D eigenvalue weighted by molar-refractivity contribution is 14.1. The Labute approximate surface area is 209 Å². The molecule has 0 saturated carbocycles. The van der Waals surface area contributed by atoms with Crippen molar-refractivity contribution in [2.75, 3.05) is 0 Å². The average molecular weight is 551 g/mol. The lowest BCUT2D eigenvalue weighted by molar-refractivity contribution is 0.281.